The van der Waals surface area contributed by atoms with Gasteiger partial charge in [0.05, 0.1) is 4.91 Å². The van der Waals surface area contributed by atoms with Gasteiger partial charge in [-0.15, -0.1) is 11.8 Å². The monoisotopic (exact) mass is 541 g/mol. The number of carbonyl (C=O) groups excluding carboxylic acids is 2. The molecule has 0 spiro atoms. The second kappa shape index (κ2) is 11.9. The van der Waals surface area contributed by atoms with Crippen LogP contribution in [0, 0.1) is 0 Å². The molecule has 2 aromatic rings. The minimum Gasteiger partial charge on any atom is -0.370 e. The highest BCUT2D eigenvalue weighted by atomic mass is 79.9. The van der Waals surface area contributed by atoms with Gasteiger partial charge in [0.25, 0.3) is 5.91 Å². The van der Waals surface area contributed by atoms with Crippen molar-refractivity contribution < 1.29 is 9.59 Å². The Bertz CT molecular complexity index is 1030. The first kappa shape index (κ1) is 24.9. The highest BCUT2D eigenvalue weighted by Crippen LogP contribution is 2.42. The zero-order valence-corrected chi connectivity index (χ0v) is 22.0. The number of halogens is 1. The fraction of sp³-hybridized carbons (Fsp3) is 0.407. The number of nitrogens with zero attached hydrogens (tertiary/aromatic N) is 2. The standard InChI is InChI=1S/C27H32BrN3O2S/c1-2-30(22-11-4-3-5-12-22)16-15-29-26(32)19-31-23-13-6-7-14-24(23)34-25(27(31)33)18-20-9-8-10-21(28)17-20/h3-5,8-12,17-18,23-24H,2,6-7,13-16,19H2,1H3,(H,29,32)/b25-18+. The number of hydrogen-bond donors (Lipinski definition) is 1. The molecule has 2 aliphatic rings. The van der Waals surface area contributed by atoms with Crippen molar-refractivity contribution in [3.05, 3.63) is 69.5 Å². The zero-order valence-electron chi connectivity index (χ0n) is 19.6. The van der Waals surface area contributed by atoms with Crippen molar-refractivity contribution in [1.29, 1.82) is 0 Å². The van der Waals surface area contributed by atoms with Gasteiger partial charge in [-0.05, 0) is 55.7 Å². The molecule has 1 heterocycles. The molecule has 2 amide bonds. The smallest absolute Gasteiger partial charge is 0.261 e. The normalized spacial score (nSPS) is 21.3. The summed E-state index contributed by atoms with van der Waals surface area (Å²) in [7, 11) is 0. The Morgan fingerprint density at radius 3 is 2.74 bits per heavy atom. The highest BCUT2D eigenvalue weighted by molar-refractivity contribution is 9.10. The fourth-order valence-electron chi connectivity index (χ4n) is 4.76. The number of para-hydroxylation sites is 1. The van der Waals surface area contributed by atoms with Crippen LogP contribution >= 0.6 is 27.7 Å². The summed E-state index contributed by atoms with van der Waals surface area (Å²) in [6.07, 6.45) is 6.31. The van der Waals surface area contributed by atoms with Crippen molar-refractivity contribution in [3.8, 4) is 0 Å². The number of anilines is 1. The Labute approximate surface area is 215 Å². The molecule has 34 heavy (non-hydrogen) atoms. The second-order valence-electron chi connectivity index (χ2n) is 8.77. The maximum atomic E-state index is 13.5. The van der Waals surface area contributed by atoms with Crippen molar-refractivity contribution in [2.75, 3.05) is 31.1 Å². The van der Waals surface area contributed by atoms with Crippen molar-refractivity contribution >= 4 is 51.3 Å². The van der Waals surface area contributed by atoms with E-state index in [4.69, 9.17) is 0 Å². The van der Waals surface area contributed by atoms with Gasteiger partial charge in [-0.3, -0.25) is 9.59 Å². The topological polar surface area (TPSA) is 52.7 Å². The molecule has 4 rings (SSSR count). The number of hydrogen-bond acceptors (Lipinski definition) is 4. The van der Waals surface area contributed by atoms with Crippen LogP contribution in [0.15, 0.2) is 64.0 Å². The lowest BCUT2D eigenvalue weighted by molar-refractivity contribution is -0.135. The maximum absolute atomic E-state index is 13.5. The number of rotatable bonds is 8. The van der Waals surface area contributed by atoms with Crippen LogP contribution in [0.3, 0.4) is 0 Å². The van der Waals surface area contributed by atoms with Gasteiger partial charge in [0.1, 0.15) is 6.54 Å². The van der Waals surface area contributed by atoms with Crippen LogP contribution in [-0.2, 0) is 9.59 Å². The molecule has 1 aliphatic heterocycles. The van der Waals surface area contributed by atoms with Crippen molar-refractivity contribution in [3.63, 3.8) is 0 Å². The van der Waals surface area contributed by atoms with Crippen LogP contribution < -0.4 is 10.2 Å². The molecular weight excluding hydrogens is 510 g/mol. The predicted molar refractivity (Wildman–Crippen MR) is 145 cm³/mol. The summed E-state index contributed by atoms with van der Waals surface area (Å²) < 4.78 is 0.985. The average Bonchev–Trinajstić information content (AvgIpc) is 2.85. The minimum absolute atomic E-state index is 0.0252. The second-order valence-corrected chi connectivity index (χ2v) is 11.0. The lowest BCUT2D eigenvalue weighted by Gasteiger charge is -2.43. The van der Waals surface area contributed by atoms with Gasteiger partial charge in [0, 0.05) is 41.1 Å². The van der Waals surface area contributed by atoms with E-state index in [0.29, 0.717) is 11.8 Å². The highest BCUT2D eigenvalue weighted by Gasteiger charge is 2.41. The molecule has 0 radical (unpaired) electrons. The molecule has 0 aromatic heterocycles. The number of likely N-dealkylation sites (N-methyl/N-ethyl adjacent to an activating group) is 1. The maximum Gasteiger partial charge on any atom is 0.261 e. The van der Waals surface area contributed by atoms with Crippen LogP contribution in [0.25, 0.3) is 6.08 Å². The number of thioether (sulfide) groups is 1. The number of nitrogens with one attached hydrogen (secondary N) is 1. The van der Waals surface area contributed by atoms with Gasteiger partial charge in [-0.25, -0.2) is 0 Å². The van der Waals surface area contributed by atoms with Crippen LogP contribution in [0.5, 0.6) is 0 Å². The lowest BCUT2D eigenvalue weighted by atomic mass is 9.93. The van der Waals surface area contributed by atoms with Gasteiger partial charge < -0.3 is 15.1 Å². The van der Waals surface area contributed by atoms with Crippen molar-refractivity contribution in [2.24, 2.45) is 0 Å². The molecule has 5 nitrogen and oxygen atoms in total. The van der Waals surface area contributed by atoms with E-state index in [1.54, 1.807) is 11.8 Å². The Balaban J connectivity index is 1.41. The van der Waals surface area contributed by atoms with Gasteiger partial charge >= 0.3 is 0 Å². The van der Waals surface area contributed by atoms with E-state index in [9.17, 15) is 9.59 Å². The van der Waals surface area contributed by atoms with Crippen LogP contribution in [0.2, 0.25) is 0 Å². The van der Waals surface area contributed by atoms with E-state index in [1.165, 1.54) is 6.42 Å². The molecule has 180 valence electrons. The minimum atomic E-state index is -0.0875. The van der Waals surface area contributed by atoms with Crippen LogP contribution in [-0.4, -0.2) is 54.2 Å². The van der Waals surface area contributed by atoms with Gasteiger partial charge in [-0.2, -0.15) is 0 Å². The van der Waals surface area contributed by atoms with E-state index in [1.807, 2.05) is 53.4 Å². The molecule has 1 N–H and O–H groups in total. The molecule has 0 bridgehead atoms. The number of carbonyl (C=O) groups is 2. The van der Waals surface area contributed by atoms with E-state index in [-0.39, 0.29) is 24.4 Å². The molecule has 2 fully saturated rings. The van der Waals surface area contributed by atoms with E-state index in [0.717, 1.165) is 53.0 Å². The summed E-state index contributed by atoms with van der Waals surface area (Å²) in [5.74, 6) is -0.113. The molecule has 1 saturated carbocycles. The van der Waals surface area contributed by atoms with Gasteiger partial charge in [-0.1, -0.05) is 59.1 Å². The molecular formula is C27H32BrN3O2S. The quantitative estimate of drug-likeness (QED) is 0.459. The fourth-order valence-corrected chi connectivity index (χ4v) is 6.65. The molecule has 1 aliphatic carbocycles. The van der Waals surface area contributed by atoms with Crippen LogP contribution in [0.1, 0.15) is 38.2 Å². The Kier molecular flexibility index (Phi) is 8.73. The van der Waals surface area contributed by atoms with Crippen molar-refractivity contribution in [1.82, 2.24) is 10.2 Å². The van der Waals surface area contributed by atoms with Gasteiger partial charge in [0.15, 0.2) is 0 Å². The summed E-state index contributed by atoms with van der Waals surface area (Å²) in [6, 6.07) is 18.3. The summed E-state index contributed by atoms with van der Waals surface area (Å²) >= 11 is 5.20. The summed E-state index contributed by atoms with van der Waals surface area (Å²) in [4.78, 5) is 31.1. The number of fused-ring (bicyclic) bond motifs is 1. The summed E-state index contributed by atoms with van der Waals surface area (Å²) in [5, 5.41) is 3.40. The number of benzene rings is 2. The molecule has 2 atom stereocenters. The van der Waals surface area contributed by atoms with Gasteiger partial charge in [0.2, 0.25) is 5.91 Å². The zero-order chi connectivity index (χ0) is 23.9. The first-order chi connectivity index (χ1) is 16.5. The third kappa shape index (κ3) is 6.25. The molecule has 7 heteroatoms. The molecule has 1 saturated heterocycles. The lowest BCUT2D eigenvalue weighted by Crippen LogP contribution is -2.54. The van der Waals surface area contributed by atoms with E-state index in [2.05, 4.69) is 45.2 Å². The Hall–Kier alpha value is -2.25. The van der Waals surface area contributed by atoms with E-state index >= 15 is 0 Å². The molecule has 2 aromatic carbocycles. The number of amides is 2. The van der Waals surface area contributed by atoms with Crippen LogP contribution in [0.4, 0.5) is 5.69 Å². The third-order valence-corrected chi connectivity index (χ3v) is 8.38. The SMILES string of the molecule is CCN(CCNC(=O)CN1C(=O)/C(=C\c2cccc(Br)c2)SC2CCCCC21)c1ccccc1. The third-order valence-electron chi connectivity index (χ3n) is 6.49. The first-order valence-corrected chi connectivity index (χ1v) is 13.7. The Morgan fingerprint density at radius 2 is 1.97 bits per heavy atom. The first-order valence-electron chi connectivity index (χ1n) is 12.1. The summed E-state index contributed by atoms with van der Waals surface area (Å²) in [6.45, 7) is 4.38. The van der Waals surface area contributed by atoms with Crippen molar-refractivity contribution in [2.45, 2.75) is 43.9 Å². The summed E-state index contributed by atoms with van der Waals surface area (Å²) in [5.41, 5.74) is 2.14. The predicted octanol–water partition coefficient (Wildman–Crippen LogP) is 5.32. The largest absolute Gasteiger partial charge is 0.370 e. The molecule has 2 unspecified atom stereocenters. The Morgan fingerprint density at radius 1 is 1.18 bits per heavy atom. The van der Waals surface area contributed by atoms with E-state index < -0.39 is 0 Å². The average molecular weight is 543 g/mol.